The molecular weight excluding hydrogens is 298 g/mol. The second-order valence-electron chi connectivity index (χ2n) is 4.55. The van der Waals surface area contributed by atoms with E-state index in [1.54, 1.807) is 6.92 Å². The lowest BCUT2D eigenvalue weighted by molar-refractivity contribution is 0.548. The Labute approximate surface area is 121 Å². The minimum Gasteiger partial charge on any atom is -0.398 e. The summed E-state index contributed by atoms with van der Waals surface area (Å²) in [4.78, 5) is -0.584. The van der Waals surface area contributed by atoms with Crippen molar-refractivity contribution in [2.45, 2.75) is 17.9 Å². The molecule has 0 heterocycles. The number of sulfonamides is 1. The normalized spacial score (nSPS) is 13.1. The third-order valence-corrected chi connectivity index (χ3v) is 4.60. The van der Waals surface area contributed by atoms with Crippen molar-refractivity contribution in [1.82, 2.24) is 4.72 Å². The van der Waals surface area contributed by atoms with Crippen LogP contribution in [-0.2, 0) is 10.0 Å². The van der Waals surface area contributed by atoms with Crippen LogP contribution in [0.2, 0.25) is 0 Å². The zero-order valence-electron chi connectivity index (χ0n) is 11.2. The van der Waals surface area contributed by atoms with Crippen LogP contribution in [0.5, 0.6) is 0 Å². The van der Waals surface area contributed by atoms with Gasteiger partial charge in [0.05, 0.1) is 5.69 Å². The van der Waals surface area contributed by atoms with Gasteiger partial charge in [-0.05, 0) is 36.8 Å². The van der Waals surface area contributed by atoms with Crippen LogP contribution < -0.4 is 10.5 Å². The minimum absolute atomic E-state index is 0.172. The summed E-state index contributed by atoms with van der Waals surface area (Å²) in [6.45, 7) is 1.57. The summed E-state index contributed by atoms with van der Waals surface area (Å²) < 4.78 is 53.3. The highest BCUT2D eigenvalue weighted by atomic mass is 32.2. The molecule has 21 heavy (non-hydrogen) atoms. The van der Waals surface area contributed by atoms with Gasteiger partial charge in [0.15, 0.2) is 0 Å². The quantitative estimate of drug-likeness (QED) is 0.852. The fraction of sp³-hybridized carbons (Fsp3) is 0.143. The van der Waals surface area contributed by atoms with E-state index in [4.69, 9.17) is 5.73 Å². The van der Waals surface area contributed by atoms with Crippen molar-refractivity contribution in [1.29, 1.82) is 0 Å². The van der Waals surface area contributed by atoms with Crippen molar-refractivity contribution in [3.63, 3.8) is 0 Å². The van der Waals surface area contributed by atoms with Crippen LogP contribution in [-0.4, -0.2) is 8.42 Å². The lowest BCUT2D eigenvalue weighted by Gasteiger charge is -2.16. The molecule has 1 unspecified atom stereocenters. The molecule has 0 aliphatic rings. The summed E-state index contributed by atoms with van der Waals surface area (Å²) in [7, 11) is -4.12. The molecule has 0 aromatic heterocycles. The Hall–Kier alpha value is -1.99. The van der Waals surface area contributed by atoms with Crippen LogP contribution in [0.1, 0.15) is 18.5 Å². The van der Waals surface area contributed by atoms with Crippen LogP contribution in [0.15, 0.2) is 47.4 Å². The molecule has 2 aromatic carbocycles. The van der Waals surface area contributed by atoms with E-state index in [-0.39, 0.29) is 5.69 Å². The van der Waals surface area contributed by atoms with Crippen LogP contribution in [0, 0.1) is 11.6 Å². The summed E-state index contributed by atoms with van der Waals surface area (Å²) >= 11 is 0. The van der Waals surface area contributed by atoms with Gasteiger partial charge in [0, 0.05) is 6.04 Å². The Kier molecular flexibility index (Phi) is 4.24. The van der Waals surface area contributed by atoms with E-state index in [1.807, 2.05) is 0 Å². The van der Waals surface area contributed by atoms with Gasteiger partial charge in [-0.1, -0.05) is 18.2 Å². The third-order valence-electron chi connectivity index (χ3n) is 2.97. The summed E-state index contributed by atoms with van der Waals surface area (Å²) in [5.41, 5.74) is 5.91. The number of nitrogen functional groups attached to an aromatic ring is 1. The molecule has 2 aromatic rings. The number of benzene rings is 2. The van der Waals surface area contributed by atoms with Crippen LogP contribution in [0.4, 0.5) is 14.5 Å². The maximum Gasteiger partial charge on any atom is 0.246 e. The molecule has 3 N–H and O–H groups in total. The standard InChI is InChI=1S/C14H14F2N2O2S/c1-9(10-5-7-11(15)8-6-10)18-21(19,20)14-12(16)3-2-4-13(14)17/h2-9,18H,17H2,1H3. The van der Waals surface area contributed by atoms with Crippen molar-refractivity contribution >= 4 is 15.7 Å². The van der Waals surface area contributed by atoms with Gasteiger partial charge >= 0.3 is 0 Å². The fourth-order valence-corrected chi connectivity index (χ4v) is 3.34. The highest BCUT2D eigenvalue weighted by molar-refractivity contribution is 7.89. The molecule has 0 aliphatic heterocycles. The van der Waals surface area contributed by atoms with Crippen LogP contribution >= 0.6 is 0 Å². The van der Waals surface area contributed by atoms with E-state index < -0.39 is 32.6 Å². The van der Waals surface area contributed by atoms with Crippen molar-refractivity contribution < 1.29 is 17.2 Å². The fourth-order valence-electron chi connectivity index (χ4n) is 1.92. The zero-order valence-corrected chi connectivity index (χ0v) is 12.0. The van der Waals surface area contributed by atoms with E-state index in [1.165, 1.54) is 36.4 Å². The van der Waals surface area contributed by atoms with Gasteiger partial charge < -0.3 is 5.73 Å². The van der Waals surface area contributed by atoms with Crippen LogP contribution in [0.3, 0.4) is 0 Å². The molecule has 0 spiro atoms. The first-order valence-electron chi connectivity index (χ1n) is 6.13. The smallest absolute Gasteiger partial charge is 0.246 e. The van der Waals surface area contributed by atoms with Crippen molar-refractivity contribution in [3.05, 3.63) is 59.7 Å². The Balaban J connectivity index is 2.31. The number of rotatable bonds is 4. The number of nitrogens with one attached hydrogen (secondary N) is 1. The Morgan fingerprint density at radius 1 is 1.10 bits per heavy atom. The van der Waals surface area contributed by atoms with Crippen molar-refractivity contribution in [2.75, 3.05) is 5.73 Å². The van der Waals surface area contributed by atoms with Gasteiger partial charge in [0.2, 0.25) is 10.0 Å². The van der Waals surface area contributed by atoms with E-state index in [2.05, 4.69) is 4.72 Å². The molecule has 4 nitrogen and oxygen atoms in total. The van der Waals surface area contributed by atoms with E-state index in [0.29, 0.717) is 5.56 Å². The Morgan fingerprint density at radius 2 is 1.71 bits per heavy atom. The second kappa shape index (κ2) is 5.79. The molecule has 0 aliphatic carbocycles. The highest BCUT2D eigenvalue weighted by Gasteiger charge is 2.24. The zero-order chi connectivity index (χ0) is 15.6. The van der Waals surface area contributed by atoms with Crippen molar-refractivity contribution in [2.24, 2.45) is 0 Å². The molecule has 2 rings (SSSR count). The van der Waals surface area contributed by atoms with E-state index in [0.717, 1.165) is 6.07 Å². The monoisotopic (exact) mass is 312 g/mol. The Bertz CT molecular complexity index is 726. The maximum atomic E-state index is 13.7. The Morgan fingerprint density at radius 3 is 2.29 bits per heavy atom. The average molecular weight is 312 g/mol. The molecule has 0 fully saturated rings. The molecule has 0 saturated heterocycles. The predicted octanol–water partition coefficient (Wildman–Crippen LogP) is 2.59. The van der Waals surface area contributed by atoms with Gasteiger partial charge in [-0.15, -0.1) is 0 Å². The number of nitrogens with two attached hydrogens (primary N) is 1. The molecule has 0 amide bonds. The molecule has 0 radical (unpaired) electrons. The van der Waals surface area contributed by atoms with Gasteiger partial charge in [0.25, 0.3) is 0 Å². The molecule has 7 heteroatoms. The van der Waals surface area contributed by atoms with Gasteiger partial charge in [-0.2, -0.15) is 0 Å². The SMILES string of the molecule is CC(NS(=O)(=O)c1c(N)cccc1F)c1ccc(F)cc1. The first-order valence-corrected chi connectivity index (χ1v) is 7.61. The van der Waals surface area contributed by atoms with Gasteiger partial charge in [-0.3, -0.25) is 0 Å². The average Bonchev–Trinajstić information content (AvgIpc) is 2.38. The molecular formula is C14H14F2N2O2S. The van der Waals surface area contributed by atoms with Gasteiger partial charge in [0.1, 0.15) is 16.5 Å². The molecule has 112 valence electrons. The number of anilines is 1. The van der Waals surface area contributed by atoms with Crippen molar-refractivity contribution in [3.8, 4) is 0 Å². The summed E-state index contributed by atoms with van der Waals surface area (Å²) in [6.07, 6.45) is 0. The highest BCUT2D eigenvalue weighted by Crippen LogP contribution is 2.24. The van der Waals surface area contributed by atoms with Gasteiger partial charge in [-0.25, -0.2) is 21.9 Å². The second-order valence-corrected chi connectivity index (χ2v) is 6.20. The summed E-state index contributed by atoms with van der Waals surface area (Å²) in [5.74, 6) is -1.35. The van der Waals surface area contributed by atoms with Crippen LogP contribution in [0.25, 0.3) is 0 Å². The summed E-state index contributed by atoms with van der Waals surface area (Å²) in [6, 6.07) is 8.34. The number of hydrogen-bond acceptors (Lipinski definition) is 3. The summed E-state index contributed by atoms with van der Waals surface area (Å²) in [5, 5.41) is 0. The molecule has 0 bridgehead atoms. The minimum atomic E-state index is -4.12. The topological polar surface area (TPSA) is 72.2 Å². The maximum absolute atomic E-state index is 13.7. The largest absolute Gasteiger partial charge is 0.398 e. The number of halogens is 2. The van der Waals surface area contributed by atoms with E-state index in [9.17, 15) is 17.2 Å². The first-order chi connectivity index (χ1) is 9.81. The lowest BCUT2D eigenvalue weighted by Crippen LogP contribution is -2.28. The number of hydrogen-bond donors (Lipinski definition) is 2. The molecule has 1 atom stereocenters. The first kappa shape index (κ1) is 15.4. The molecule has 0 saturated carbocycles. The van der Waals surface area contributed by atoms with E-state index >= 15 is 0 Å². The lowest BCUT2D eigenvalue weighted by atomic mass is 10.1. The predicted molar refractivity (Wildman–Crippen MR) is 75.9 cm³/mol. The third kappa shape index (κ3) is 3.37.